The molecule has 0 saturated carbocycles. The van der Waals surface area contributed by atoms with Crippen LogP contribution < -0.4 is 0 Å². The van der Waals surface area contributed by atoms with Gasteiger partial charge in [0, 0.05) is 12.4 Å². The van der Waals surface area contributed by atoms with Gasteiger partial charge in [0.1, 0.15) is 15.7 Å². The molecule has 3 rings (SSSR count). The average molecular weight is 292 g/mol. The second-order valence-corrected chi connectivity index (χ2v) is 5.31. The molecule has 1 N–H and O–H groups in total. The van der Waals surface area contributed by atoms with E-state index in [1.165, 1.54) is 11.8 Å². The van der Waals surface area contributed by atoms with Crippen LogP contribution >= 0.6 is 23.4 Å². The third-order valence-electron chi connectivity index (χ3n) is 2.64. The van der Waals surface area contributed by atoms with Crippen molar-refractivity contribution in [3.05, 3.63) is 53.4 Å². The van der Waals surface area contributed by atoms with Crippen molar-refractivity contribution < 1.29 is 5.11 Å². The number of fused-ring (bicyclic) bond motifs is 1. The molecule has 0 amide bonds. The number of nitrogens with zero attached hydrogens (tertiary/aromatic N) is 3. The third kappa shape index (κ3) is 2.45. The molecule has 0 atom stereocenters. The molecule has 0 radical (unpaired) electrons. The van der Waals surface area contributed by atoms with E-state index in [2.05, 4.69) is 9.97 Å². The number of aliphatic hydroxyl groups excluding tert-OH is 1. The highest BCUT2D eigenvalue weighted by Gasteiger charge is 2.12. The van der Waals surface area contributed by atoms with Gasteiger partial charge in [0.25, 0.3) is 0 Å². The number of halogens is 1. The molecule has 4 nitrogen and oxygen atoms in total. The lowest BCUT2D eigenvalue weighted by atomic mass is 10.4. The van der Waals surface area contributed by atoms with Gasteiger partial charge in [-0.25, -0.2) is 9.97 Å². The fourth-order valence-electron chi connectivity index (χ4n) is 1.77. The average Bonchev–Trinajstić information content (AvgIpc) is 2.78. The molecule has 0 spiro atoms. The van der Waals surface area contributed by atoms with Crippen LogP contribution in [0.15, 0.2) is 52.8 Å². The summed E-state index contributed by atoms with van der Waals surface area (Å²) < 4.78 is 1.87. The Balaban J connectivity index is 2.02. The standard InChI is InChI=1S/C13H10ClN3OS/c14-9-4-5-12(15-7-9)19-13-10(8-18)17-6-2-1-3-11(17)16-13/h1-7,18H,8H2. The Morgan fingerprint density at radius 2 is 2.16 bits per heavy atom. The minimum Gasteiger partial charge on any atom is -0.390 e. The fourth-order valence-corrected chi connectivity index (χ4v) is 2.74. The van der Waals surface area contributed by atoms with Crippen molar-refractivity contribution in [1.29, 1.82) is 0 Å². The predicted molar refractivity (Wildman–Crippen MR) is 74.5 cm³/mol. The molecule has 19 heavy (non-hydrogen) atoms. The number of aliphatic hydroxyl groups is 1. The Morgan fingerprint density at radius 3 is 2.89 bits per heavy atom. The number of hydrogen-bond donors (Lipinski definition) is 1. The first-order valence-corrected chi connectivity index (χ1v) is 6.83. The number of imidazole rings is 1. The van der Waals surface area contributed by atoms with Crippen LogP contribution in [-0.2, 0) is 6.61 Å². The van der Waals surface area contributed by atoms with Gasteiger partial charge in [0.05, 0.1) is 17.3 Å². The van der Waals surface area contributed by atoms with Gasteiger partial charge < -0.3 is 9.51 Å². The molecule has 3 aromatic heterocycles. The molecular formula is C13H10ClN3OS. The quantitative estimate of drug-likeness (QED) is 0.806. The van der Waals surface area contributed by atoms with Crippen LogP contribution in [0.1, 0.15) is 5.69 Å². The van der Waals surface area contributed by atoms with E-state index in [1.807, 2.05) is 34.9 Å². The first-order valence-electron chi connectivity index (χ1n) is 5.64. The van der Waals surface area contributed by atoms with E-state index >= 15 is 0 Å². The van der Waals surface area contributed by atoms with Crippen molar-refractivity contribution in [3.8, 4) is 0 Å². The Hall–Kier alpha value is -1.56. The Morgan fingerprint density at radius 1 is 1.26 bits per heavy atom. The van der Waals surface area contributed by atoms with Crippen molar-refractivity contribution >= 4 is 29.0 Å². The molecule has 0 aliphatic heterocycles. The third-order valence-corrected chi connectivity index (χ3v) is 3.84. The van der Waals surface area contributed by atoms with E-state index in [-0.39, 0.29) is 6.61 Å². The molecule has 0 unspecified atom stereocenters. The lowest BCUT2D eigenvalue weighted by molar-refractivity contribution is 0.272. The van der Waals surface area contributed by atoms with Crippen molar-refractivity contribution in [2.45, 2.75) is 16.7 Å². The van der Waals surface area contributed by atoms with Crippen molar-refractivity contribution in [2.75, 3.05) is 0 Å². The first-order chi connectivity index (χ1) is 9.28. The van der Waals surface area contributed by atoms with Gasteiger partial charge in [-0.3, -0.25) is 0 Å². The van der Waals surface area contributed by atoms with E-state index in [0.29, 0.717) is 5.02 Å². The summed E-state index contributed by atoms with van der Waals surface area (Å²) >= 11 is 7.22. The highest BCUT2D eigenvalue weighted by Crippen LogP contribution is 2.29. The largest absolute Gasteiger partial charge is 0.390 e. The molecular weight excluding hydrogens is 282 g/mol. The van der Waals surface area contributed by atoms with Crippen LogP contribution in [0.4, 0.5) is 0 Å². The van der Waals surface area contributed by atoms with Crippen molar-refractivity contribution in [1.82, 2.24) is 14.4 Å². The van der Waals surface area contributed by atoms with Gasteiger partial charge in [0.15, 0.2) is 0 Å². The van der Waals surface area contributed by atoms with Crippen LogP contribution in [0.2, 0.25) is 5.02 Å². The molecule has 0 fully saturated rings. The zero-order valence-corrected chi connectivity index (χ0v) is 11.4. The molecule has 0 aromatic carbocycles. The number of hydrogen-bond acceptors (Lipinski definition) is 4. The summed E-state index contributed by atoms with van der Waals surface area (Å²) in [7, 11) is 0. The normalized spacial score (nSPS) is 11.1. The minimum absolute atomic E-state index is 0.0684. The Kier molecular flexibility index (Phi) is 3.42. The maximum atomic E-state index is 9.51. The molecule has 6 heteroatoms. The SMILES string of the molecule is OCc1c(Sc2ccc(Cl)cn2)nc2ccccn12. The Labute approximate surface area is 119 Å². The van der Waals surface area contributed by atoms with E-state index in [1.54, 1.807) is 12.3 Å². The summed E-state index contributed by atoms with van der Waals surface area (Å²) in [4.78, 5) is 8.71. The van der Waals surface area contributed by atoms with Gasteiger partial charge in [-0.2, -0.15) is 0 Å². The molecule has 0 aliphatic rings. The van der Waals surface area contributed by atoms with Crippen LogP contribution in [0.3, 0.4) is 0 Å². The zero-order chi connectivity index (χ0) is 13.2. The van der Waals surface area contributed by atoms with Gasteiger partial charge in [-0.1, -0.05) is 17.7 Å². The predicted octanol–water partition coefficient (Wildman–Crippen LogP) is 3.03. The van der Waals surface area contributed by atoms with Gasteiger partial charge >= 0.3 is 0 Å². The molecule has 3 aromatic rings. The highest BCUT2D eigenvalue weighted by atomic mass is 35.5. The molecule has 96 valence electrons. The van der Waals surface area contributed by atoms with Gasteiger partial charge in [-0.15, -0.1) is 0 Å². The maximum Gasteiger partial charge on any atom is 0.138 e. The Bertz CT molecular complexity index is 711. The van der Waals surface area contributed by atoms with Crippen LogP contribution in [0, 0.1) is 0 Å². The first kappa shape index (κ1) is 12.5. The zero-order valence-electron chi connectivity index (χ0n) is 9.82. The van der Waals surface area contributed by atoms with Gasteiger partial charge in [0.2, 0.25) is 0 Å². The van der Waals surface area contributed by atoms with E-state index < -0.39 is 0 Å². The summed E-state index contributed by atoms with van der Waals surface area (Å²) in [5.74, 6) is 0. The minimum atomic E-state index is -0.0684. The molecule has 0 bridgehead atoms. The van der Waals surface area contributed by atoms with Crippen LogP contribution in [0.25, 0.3) is 5.65 Å². The summed E-state index contributed by atoms with van der Waals surface area (Å²) in [6, 6.07) is 9.34. The second kappa shape index (κ2) is 5.21. The monoisotopic (exact) mass is 291 g/mol. The summed E-state index contributed by atoms with van der Waals surface area (Å²) in [5, 5.41) is 11.7. The number of rotatable bonds is 3. The smallest absolute Gasteiger partial charge is 0.138 e. The van der Waals surface area contributed by atoms with Gasteiger partial charge in [-0.05, 0) is 36.0 Å². The summed E-state index contributed by atoms with van der Waals surface area (Å²) in [5.41, 5.74) is 1.57. The van der Waals surface area contributed by atoms with E-state index in [9.17, 15) is 5.11 Å². The molecule has 3 heterocycles. The fraction of sp³-hybridized carbons (Fsp3) is 0.0769. The van der Waals surface area contributed by atoms with Crippen molar-refractivity contribution in [2.24, 2.45) is 0 Å². The second-order valence-electron chi connectivity index (χ2n) is 3.87. The summed E-state index contributed by atoms with van der Waals surface area (Å²) in [6.07, 6.45) is 3.48. The van der Waals surface area contributed by atoms with E-state index in [4.69, 9.17) is 11.6 Å². The molecule has 0 aliphatic carbocycles. The topological polar surface area (TPSA) is 50.4 Å². The van der Waals surface area contributed by atoms with E-state index in [0.717, 1.165) is 21.4 Å². The van der Waals surface area contributed by atoms with Crippen molar-refractivity contribution in [3.63, 3.8) is 0 Å². The highest BCUT2D eigenvalue weighted by molar-refractivity contribution is 7.99. The number of aromatic nitrogens is 3. The maximum absolute atomic E-state index is 9.51. The number of pyridine rings is 2. The van der Waals surface area contributed by atoms with Crippen LogP contribution in [0.5, 0.6) is 0 Å². The van der Waals surface area contributed by atoms with Crippen LogP contribution in [-0.4, -0.2) is 19.5 Å². The molecule has 0 saturated heterocycles. The lowest BCUT2D eigenvalue weighted by Crippen LogP contribution is -1.92. The lowest BCUT2D eigenvalue weighted by Gasteiger charge is -2.01. The summed E-state index contributed by atoms with van der Waals surface area (Å²) in [6.45, 7) is -0.0684.